The topological polar surface area (TPSA) is 56.7 Å². The molecule has 1 atom stereocenters. The van der Waals surface area contributed by atoms with Crippen molar-refractivity contribution in [3.63, 3.8) is 0 Å². The molecule has 1 aliphatic carbocycles. The van der Waals surface area contributed by atoms with Gasteiger partial charge >= 0.3 is 0 Å². The molecule has 1 aromatic rings. The van der Waals surface area contributed by atoms with Crippen LogP contribution in [0.2, 0.25) is 0 Å². The first-order chi connectivity index (χ1) is 11.5. The van der Waals surface area contributed by atoms with Crippen LogP contribution in [0, 0.1) is 5.92 Å². The molecule has 1 saturated carbocycles. The zero-order valence-corrected chi connectivity index (χ0v) is 15.9. The Morgan fingerprint density at radius 3 is 2.79 bits per heavy atom. The molecular weight excluding hydrogens is 320 g/mol. The highest BCUT2D eigenvalue weighted by Gasteiger charge is 2.17. The van der Waals surface area contributed by atoms with E-state index in [0.717, 1.165) is 18.9 Å². The molecule has 1 heterocycles. The van der Waals surface area contributed by atoms with Crippen molar-refractivity contribution in [3.8, 4) is 0 Å². The van der Waals surface area contributed by atoms with Gasteiger partial charge < -0.3 is 15.5 Å². The van der Waals surface area contributed by atoms with Crippen LogP contribution >= 0.6 is 11.3 Å². The normalized spacial score (nSPS) is 16.9. The zero-order valence-electron chi connectivity index (χ0n) is 15.0. The maximum Gasteiger partial charge on any atom is 0.243 e. The van der Waals surface area contributed by atoms with Gasteiger partial charge in [0.05, 0.1) is 0 Å². The molecule has 134 valence electrons. The lowest BCUT2D eigenvalue weighted by Gasteiger charge is -2.20. The number of likely N-dealkylation sites (N-methyl/N-ethyl adjacent to an activating group) is 1. The van der Waals surface area contributed by atoms with Gasteiger partial charge in [0, 0.05) is 31.6 Å². The van der Waals surface area contributed by atoms with E-state index in [1.807, 2.05) is 0 Å². The van der Waals surface area contributed by atoms with Gasteiger partial charge in [-0.1, -0.05) is 25.8 Å². The Labute approximate surface area is 149 Å². The van der Waals surface area contributed by atoms with E-state index in [1.54, 1.807) is 30.3 Å². The Bertz CT molecular complexity index is 521. The first-order valence-corrected chi connectivity index (χ1v) is 9.70. The predicted octanol–water partition coefficient (Wildman–Crippen LogP) is 2.49. The molecule has 0 aliphatic heterocycles. The average Bonchev–Trinajstić information content (AvgIpc) is 3.23. The second-order valence-electron chi connectivity index (χ2n) is 6.85. The fraction of sp³-hybridized carbons (Fsp3) is 0.667. The number of rotatable bonds is 7. The Morgan fingerprint density at radius 1 is 1.42 bits per heavy atom. The summed E-state index contributed by atoms with van der Waals surface area (Å²) in [4.78, 5) is 19.3. The third-order valence-electron chi connectivity index (χ3n) is 4.31. The summed E-state index contributed by atoms with van der Waals surface area (Å²) >= 11 is 1.81. The van der Waals surface area contributed by atoms with E-state index in [4.69, 9.17) is 0 Å². The van der Waals surface area contributed by atoms with Crippen LogP contribution in [0.5, 0.6) is 0 Å². The van der Waals surface area contributed by atoms with Gasteiger partial charge in [-0.05, 0) is 36.6 Å². The number of thiophene rings is 1. The van der Waals surface area contributed by atoms with Gasteiger partial charge in [-0.25, -0.2) is 4.99 Å². The number of aliphatic imine (C=N–C) groups is 1. The van der Waals surface area contributed by atoms with Gasteiger partial charge in [-0.3, -0.25) is 4.79 Å². The van der Waals surface area contributed by atoms with Gasteiger partial charge in [0.25, 0.3) is 0 Å². The molecule has 1 fully saturated rings. The maximum atomic E-state index is 11.8. The molecule has 2 rings (SSSR count). The molecule has 1 aliphatic rings. The molecule has 24 heavy (non-hydrogen) atoms. The van der Waals surface area contributed by atoms with Crippen LogP contribution in [-0.4, -0.2) is 50.0 Å². The molecule has 0 spiro atoms. The van der Waals surface area contributed by atoms with Gasteiger partial charge in [0.2, 0.25) is 5.91 Å². The molecule has 2 N–H and O–H groups in total. The van der Waals surface area contributed by atoms with Crippen molar-refractivity contribution in [1.29, 1.82) is 0 Å². The van der Waals surface area contributed by atoms with Gasteiger partial charge in [-0.15, -0.1) is 11.3 Å². The van der Waals surface area contributed by atoms with E-state index in [0.29, 0.717) is 12.0 Å². The summed E-state index contributed by atoms with van der Waals surface area (Å²) in [6.07, 6.45) is 5.99. The molecule has 0 bridgehead atoms. The quantitative estimate of drug-likeness (QED) is 0.587. The van der Waals surface area contributed by atoms with Crippen LogP contribution in [0.3, 0.4) is 0 Å². The van der Waals surface area contributed by atoms with E-state index >= 15 is 0 Å². The summed E-state index contributed by atoms with van der Waals surface area (Å²) in [5.41, 5.74) is 0. The fourth-order valence-corrected chi connectivity index (χ4v) is 3.69. The lowest BCUT2D eigenvalue weighted by atomic mass is 10.1. The lowest BCUT2D eigenvalue weighted by Crippen LogP contribution is -2.44. The minimum absolute atomic E-state index is 0.0224. The summed E-state index contributed by atoms with van der Waals surface area (Å²) in [7, 11) is 3.52. The van der Waals surface area contributed by atoms with Crippen LogP contribution < -0.4 is 10.6 Å². The Morgan fingerprint density at radius 2 is 2.17 bits per heavy atom. The first kappa shape index (κ1) is 18.8. The largest absolute Gasteiger partial charge is 0.356 e. The number of carbonyl (C=O) groups excluding carboxylic acids is 1. The lowest BCUT2D eigenvalue weighted by molar-refractivity contribution is -0.127. The van der Waals surface area contributed by atoms with Crippen molar-refractivity contribution in [2.45, 2.75) is 45.1 Å². The summed E-state index contributed by atoms with van der Waals surface area (Å²) in [6, 6.07) is 4.77. The van der Waals surface area contributed by atoms with E-state index in [1.165, 1.54) is 30.6 Å². The minimum Gasteiger partial charge on any atom is -0.356 e. The molecule has 0 radical (unpaired) electrons. The number of carbonyl (C=O) groups is 1. The molecule has 0 saturated heterocycles. The molecule has 5 nitrogen and oxygen atoms in total. The van der Waals surface area contributed by atoms with Crippen molar-refractivity contribution in [2.75, 3.05) is 27.2 Å². The van der Waals surface area contributed by atoms with Crippen LogP contribution in [0.25, 0.3) is 0 Å². The SMILES string of the molecule is CC(CNC(=NCC(=O)N(C)C)NC1CCCC1)Cc1cccs1. The molecule has 6 heteroatoms. The number of nitrogens with zero attached hydrogens (tertiary/aromatic N) is 2. The van der Waals surface area contributed by atoms with Crippen LogP contribution in [0.15, 0.2) is 22.5 Å². The number of hydrogen-bond acceptors (Lipinski definition) is 3. The number of guanidine groups is 1. The van der Waals surface area contributed by atoms with Gasteiger partial charge in [0.15, 0.2) is 5.96 Å². The third kappa shape index (κ3) is 6.51. The van der Waals surface area contributed by atoms with Gasteiger partial charge in [-0.2, -0.15) is 0 Å². The van der Waals surface area contributed by atoms with Crippen LogP contribution in [0.1, 0.15) is 37.5 Å². The highest BCUT2D eigenvalue weighted by atomic mass is 32.1. The van der Waals surface area contributed by atoms with Crippen molar-refractivity contribution >= 4 is 23.2 Å². The van der Waals surface area contributed by atoms with E-state index in [9.17, 15) is 4.79 Å². The van der Waals surface area contributed by atoms with Crippen molar-refractivity contribution in [2.24, 2.45) is 10.9 Å². The first-order valence-electron chi connectivity index (χ1n) is 8.82. The van der Waals surface area contributed by atoms with E-state index in [-0.39, 0.29) is 12.5 Å². The zero-order chi connectivity index (χ0) is 17.4. The number of hydrogen-bond donors (Lipinski definition) is 2. The number of nitrogens with one attached hydrogen (secondary N) is 2. The standard InChI is InChI=1S/C18H30N4OS/c1-14(11-16-9-6-10-24-16)12-19-18(20-13-17(23)22(2)3)21-15-7-4-5-8-15/h6,9-10,14-15H,4-5,7-8,11-13H2,1-3H3,(H2,19,20,21). The number of amides is 1. The highest BCUT2D eigenvalue weighted by Crippen LogP contribution is 2.17. The predicted molar refractivity (Wildman–Crippen MR) is 102 cm³/mol. The molecule has 1 aromatic heterocycles. The van der Waals surface area contributed by atoms with Crippen molar-refractivity contribution in [1.82, 2.24) is 15.5 Å². The van der Waals surface area contributed by atoms with Crippen LogP contribution in [0.4, 0.5) is 0 Å². The maximum absolute atomic E-state index is 11.8. The van der Waals surface area contributed by atoms with Crippen LogP contribution in [-0.2, 0) is 11.2 Å². The second-order valence-corrected chi connectivity index (χ2v) is 7.88. The fourth-order valence-electron chi connectivity index (χ4n) is 2.82. The highest BCUT2D eigenvalue weighted by molar-refractivity contribution is 7.09. The molecule has 0 aromatic carbocycles. The average molecular weight is 351 g/mol. The van der Waals surface area contributed by atoms with Crippen molar-refractivity contribution in [3.05, 3.63) is 22.4 Å². The molecule has 1 amide bonds. The summed E-state index contributed by atoms with van der Waals surface area (Å²) in [5.74, 6) is 1.31. The summed E-state index contributed by atoms with van der Waals surface area (Å²) in [6.45, 7) is 3.28. The summed E-state index contributed by atoms with van der Waals surface area (Å²) in [5, 5.41) is 9.04. The molecule has 1 unspecified atom stereocenters. The summed E-state index contributed by atoms with van der Waals surface area (Å²) < 4.78 is 0. The van der Waals surface area contributed by atoms with E-state index < -0.39 is 0 Å². The van der Waals surface area contributed by atoms with E-state index in [2.05, 4.69) is 40.1 Å². The Balaban J connectivity index is 1.86. The smallest absolute Gasteiger partial charge is 0.243 e. The van der Waals surface area contributed by atoms with Gasteiger partial charge in [0.1, 0.15) is 6.54 Å². The Hall–Kier alpha value is -1.56. The minimum atomic E-state index is 0.0224. The second kappa shape index (κ2) is 9.67. The Kier molecular flexibility index (Phi) is 7.56. The van der Waals surface area contributed by atoms with Crippen molar-refractivity contribution < 1.29 is 4.79 Å². The monoisotopic (exact) mass is 350 g/mol. The third-order valence-corrected chi connectivity index (χ3v) is 5.21. The molecular formula is C18H30N4OS.